The first-order chi connectivity index (χ1) is 11.2. The highest BCUT2D eigenvalue weighted by Gasteiger charge is 2.15. The summed E-state index contributed by atoms with van der Waals surface area (Å²) < 4.78 is 20.2. The highest BCUT2D eigenvalue weighted by Crippen LogP contribution is 2.20. The van der Waals surface area contributed by atoms with Crippen molar-refractivity contribution in [3.05, 3.63) is 63.9 Å². The third-order valence-corrected chi connectivity index (χ3v) is 4.77. The van der Waals surface area contributed by atoms with Crippen LogP contribution < -0.4 is 10.1 Å². The van der Waals surface area contributed by atoms with Crippen molar-refractivity contribution in [1.29, 1.82) is 0 Å². The molecule has 122 valence electrons. The Kier molecular flexibility index (Phi) is 5.68. The first kappa shape index (κ1) is 16.5. The minimum Gasteiger partial charge on any atom is -0.489 e. The van der Waals surface area contributed by atoms with Crippen molar-refractivity contribution in [1.82, 2.24) is 5.32 Å². The van der Waals surface area contributed by atoms with E-state index in [2.05, 4.69) is 33.4 Å². The van der Waals surface area contributed by atoms with Gasteiger partial charge in [-0.2, -0.15) is 0 Å². The highest BCUT2D eigenvalue weighted by atomic mass is 79.9. The van der Waals surface area contributed by atoms with Crippen LogP contribution in [0.25, 0.3) is 0 Å². The molecule has 1 saturated heterocycles. The van der Waals surface area contributed by atoms with Gasteiger partial charge in [0.15, 0.2) is 0 Å². The monoisotopic (exact) mass is 377 g/mol. The van der Waals surface area contributed by atoms with Gasteiger partial charge in [0, 0.05) is 10.0 Å². The molecule has 0 aliphatic carbocycles. The third-order valence-electron chi connectivity index (χ3n) is 4.28. The summed E-state index contributed by atoms with van der Waals surface area (Å²) in [5.74, 6) is 1.40. The maximum absolute atomic E-state index is 13.7. The van der Waals surface area contributed by atoms with Crippen LogP contribution in [0, 0.1) is 11.7 Å². The molecule has 0 aromatic heterocycles. The fourth-order valence-electron chi connectivity index (χ4n) is 2.70. The van der Waals surface area contributed by atoms with Crippen molar-refractivity contribution in [2.45, 2.75) is 25.9 Å². The Morgan fingerprint density at radius 1 is 1.13 bits per heavy atom. The van der Waals surface area contributed by atoms with E-state index in [1.165, 1.54) is 37.6 Å². The smallest absolute Gasteiger partial charge is 0.130 e. The van der Waals surface area contributed by atoms with E-state index in [0.717, 1.165) is 22.6 Å². The van der Waals surface area contributed by atoms with E-state index >= 15 is 0 Å². The predicted molar refractivity (Wildman–Crippen MR) is 94.2 cm³/mol. The van der Waals surface area contributed by atoms with Gasteiger partial charge >= 0.3 is 0 Å². The molecule has 0 unspecified atom stereocenters. The SMILES string of the molecule is Fc1cc(Br)ccc1COc1ccc(CCCC2CNC2)cc1. The van der Waals surface area contributed by atoms with Gasteiger partial charge in [0.2, 0.25) is 0 Å². The van der Waals surface area contributed by atoms with Gasteiger partial charge in [0.05, 0.1) is 0 Å². The molecule has 0 bridgehead atoms. The van der Waals surface area contributed by atoms with Crippen LogP contribution in [-0.4, -0.2) is 13.1 Å². The third kappa shape index (κ3) is 4.79. The van der Waals surface area contributed by atoms with Crippen LogP contribution in [0.2, 0.25) is 0 Å². The average Bonchev–Trinajstić information content (AvgIpc) is 2.50. The average molecular weight is 378 g/mol. The van der Waals surface area contributed by atoms with E-state index in [0.29, 0.717) is 5.56 Å². The molecule has 1 N–H and O–H groups in total. The molecule has 0 radical (unpaired) electrons. The van der Waals surface area contributed by atoms with E-state index in [4.69, 9.17) is 4.74 Å². The van der Waals surface area contributed by atoms with Gasteiger partial charge in [0.1, 0.15) is 18.2 Å². The molecule has 0 amide bonds. The Hall–Kier alpha value is -1.39. The van der Waals surface area contributed by atoms with Crippen LogP contribution in [0.5, 0.6) is 5.75 Å². The molecule has 1 aliphatic heterocycles. The summed E-state index contributed by atoms with van der Waals surface area (Å²) in [5.41, 5.74) is 1.89. The van der Waals surface area contributed by atoms with E-state index < -0.39 is 0 Å². The predicted octanol–water partition coefficient (Wildman–Crippen LogP) is 4.71. The van der Waals surface area contributed by atoms with Crippen molar-refractivity contribution in [3.8, 4) is 5.75 Å². The van der Waals surface area contributed by atoms with Gasteiger partial charge in [-0.1, -0.05) is 34.1 Å². The minimum absolute atomic E-state index is 0.243. The molecule has 1 aliphatic rings. The highest BCUT2D eigenvalue weighted by molar-refractivity contribution is 9.10. The molecule has 1 heterocycles. The van der Waals surface area contributed by atoms with Gasteiger partial charge in [0.25, 0.3) is 0 Å². The number of nitrogens with one attached hydrogen (secondary N) is 1. The second-order valence-corrected chi connectivity index (χ2v) is 7.00. The zero-order valence-electron chi connectivity index (χ0n) is 13.0. The molecule has 0 atom stereocenters. The molecule has 2 nitrogen and oxygen atoms in total. The maximum atomic E-state index is 13.7. The molecule has 3 rings (SSSR count). The molecule has 0 spiro atoms. The zero-order chi connectivity index (χ0) is 16.1. The lowest BCUT2D eigenvalue weighted by molar-refractivity contribution is 0.299. The molecule has 1 fully saturated rings. The van der Waals surface area contributed by atoms with Crippen LogP contribution >= 0.6 is 15.9 Å². The normalized spacial score (nSPS) is 14.5. The Morgan fingerprint density at radius 3 is 2.57 bits per heavy atom. The van der Waals surface area contributed by atoms with Crippen molar-refractivity contribution in [2.75, 3.05) is 13.1 Å². The van der Waals surface area contributed by atoms with Crippen molar-refractivity contribution >= 4 is 15.9 Å². The van der Waals surface area contributed by atoms with Crippen LogP contribution in [0.4, 0.5) is 4.39 Å². The molecule has 2 aromatic rings. The summed E-state index contributed by atoms with van der Waals surface area (Å²) in [7, 11) is 0. The van der Waals surface area contributed by atoms with E-state index in [1.807, 2.05) is 18.2 Å². The molecular formula is C19H21BrFNO. The lowest BCUT2D eigenvalue weighted by Gasteiger charge is -2.26. The number of hydrogen-bond acceptors (Lipinski definition) is 2. The Bertz CT molecular complexity index is 640. The Morgan fingerprint density at radius 2 is 1.91 bits per heavy atom. The van der Waals surface area contributed by atoms with Gasteiger partial charge < -0.3 is 10.1 Å². The Balaban J connectivity index is 1.46. The maximum Gasteiger partial charge on any atom is 0.130 e. The second kappa shape index (κ2) is 7.93. The molecular weight excluding hydrogens is 357 g/mol. The first-order valence-electron chi connectivity index (χ1n) is 8.07. The summed E-state index contributed by atoms with van der Waals surface area (Å²) in [6.07, 6.45) is 3.64. The number of aryl methyl sites for hydroxylation is 1. The van der Waals surface area contributed by atoms with Crippen molar-refractivity contribution in [3.63, 3.8) is 0 Å². The molecule has 0 saturated carbocycles. The van der Waals surface area contributed by atoms with Gasteiger partial charge in [-0.25, -0.2) is 4.39 Å². The zero-order valence-corrected chi connectivity index (χ0v) is 14.6. The number of hydrogen-bond donors (Lipinski definition) is 1. The van der Waals surface area contributed by atoms with Crippen LogP contribution in [0.15, 0.2) is 46.9 Å². The number of benzene rings is 2. The number of ether oxygens (including phenoxy) is 1. The fraction of sp³-hybridized carbons (Fsp3) is 0.368. The lowest BCUT2D eigenvalue weighted by Crippen LogP contribution is -2.41. The topological polar surface area (TPSA) is 21.3 Å². The summed E-state index contributed by atoms with van der Waals surface area (Å²) in [6.45, 7) is 2.60. The van der Waals surface area contributed by atoms with Gasteiger partial charge in [-0.3, -0.25) is 0 Å². The lowest BCUT2D eigenvalue weighted by atomic mass is 9.95. The molecule has 2 aromatic carbocycles. The standard InChI is InChI=1S/C19H21BrFNO/c20-17-7-6-16(19(21)10-17)13-23-18-8-4-14(5-9-18)2-1-3-15-11-22-12-15/h4-10,15,22H,1-3,11-13H2. The fourth-order valence-corrected chi connectivity index (χ4v) is 3.03. The molecule has 4 heteroatoms. The van der Waals surface area contributed by atoms with E-state index in [1.54, 1.807) is 6.07 Å². The van der Waals surface area contributed by atoms with Gasteiger partial charge in [-0.15, -0.1) is 0 Å². The van der Waals surface area contributed by atoms with Gasteiger partial charge in [-0.05, 0) is 68.1 Å². The van der Waals surface area contributed by atoms with Crippen LogP contribution in [0.3, 0.4) is 0 Å². The summed E-state index contributed by atoms with van der Waals surface area (Å²) in [5, 5.41) is 3.31. The molecule has 23 heavy (non-hydrogen) atoms. The van der Waals surface area contributed by atoms with Crippen LogP contribution in [0.1, 0.15) is 24.0 Å². The largest absolute Gasteiger partial charge is 0.489 e. The Labute approximate surface area is 145 Å². The quantitative estimate of drug-likeness (QED) is 0.754. The minimum atomic E-state index is -0.249. The van der Waals surface area contributed by atoms with Crippen molar-refractivity contribution < 1.29 is 9.13 Å². The number of halogens is 2. The van der Waals surface area contributed by atoms with Crippen molar-refractivity contribution in [2.24, 2.45) is 5.92 Å². The first-order valence-corrected chi connectivity index (χ1v) is 8.86. The number of rotatable bonds is 7. The summed E-state index contributed by atoms with van der Waals surface area (Å²) in [6, 6.07) is 13.2. The van der Waals surface area contributed by atoms with E-state index in [9.17, 15) is 4.39 Å². The van der Waals surface area contributed by atoms with E-state index in [-0.39, 0.29) is 12.4 Å². The van der Waals surface area contributed by atoms with Crippen LogP contribution in [-0.2, 0) is 13.0 Å². The summed E-state index contributed by atoms with van der Waals surface area (Å²) in [4.78, 5) is 0. The second-order valence-electron chi connectivity index (χ2n) is 6.08. The summed E-state index contributed by atoms with van der Waals surface area (Å²) >= 11 is 3.25.